The van der Waals surface area contributed by atoms with Crippen LogP contribution in [0.1, 0.15) is 123 Å². The molecule has 1 rings (SSSR count). The number of aryl methyl sites for hydroxylation is 2. The number of unbranched alkanes of at least 4 members (excludes halogenated alkanes) is 10. The predicted octanol–water partition coefficient (Wildman–Crippen LogP) is 7.12. The number of aldehydes is 2. The Bertz CT molecular complexity index is 471. The van der Waals surface area contributed by atoms with Gasteiger partial charge in [0.25, 0.3) is 0 Å². The van der Waals surface area contributed by atoms with Crippen molar-refractivity contribution in [1.82, 2.24) is 0 Å². The molecule has 0 aliphatic rings. The Kier molecular flexibility index (Phi) is 12.8. The number of benzene rings is 1. The van der Waals surface area contributed by atoms with Crippen LogP contribution in [0, 0.1) is 0 Å². The molecular weight excluding hydrogens is 320 g/mol. The van der Waals surface area contributed by atoms with E-state index in [1.165, 1.54) is 64.2 Å². The van der Waals surface area contributed by atoms with Gasteiger partial charge in [-0.15, -0.1) is 0 Å². The van der Waals surface area contributed by atoms with Gasteiger partial charge in [0.1, 0.15) is 12.6 Å². The van der Waals surface area contributed by atoms with Gasteiger partial charge < -0.3 is 0 Å². The molecule has 0 atom stereocenters. The van der Waals surface area contributed by atoms with Crippen LogP contribution in [0.25, 0.3) is 0 Å². The molecule has 1 aromatic rings. The predicted molar refractivity (Wildman–Crippen MR) is 111 cm³/mol. The number of carbonyl (C=O) groups is 2. The maximum Gasteiger partial charge on any atom is 0.150 e. The van der Waals surface area contributed by atoms with Crippen molar-refractivity contribution < 1.29 is 9.59 Å². The first-order valence-corrected chi connectivity index (χ1v) is 10.8. The van der Waals surface area contributed by atoms with E-state index in [1.54, 1.807) is 0 Å². The average molecular weight is 359 g/mol. The summed E-state index contributed by atoms with van der Waals surface area (Å²) in [6.07, 6.45) is 18.6. The molecule has 0 N–H and O–H groups in total. The fraction of sp³-hybridized carbons (Fsp3) is 0.667. The molecular formula is C24H38O2. The monoisotopic (exact) mass is 358 g/mol. The van der Waals surface area contributed by atoms with E-state index < -0.39 is 0 Å². The standard InChI is InChI=1S/C24H38O2/c1-3-5-7-9-11-13-15-21-17-24(20-26)22(18-23(21)19-25)16-14-12-10-8-6-4-2/h17-20H,3-16H2,1-2H3. The molecule has 0 aliphatic heterocycles. The van der Waals surface area contributed by atoms with Crippen molar-refractivity contribution in [3.63, 3.8) is 0 Å². The third-order valence-electron chi connectivity index (χ3n) is 5.25. The summed E-state index contributed by atoms with van der Waals surface area (Å²) < 4.78 is 0. The van der Waals surface area contributed by atoms with Gasteiger partial charge >= 0.3 is 0 Å². The second kappa shape index (κ2) is 14.7. The molecule has 26 heavy (non-hydrogen) atoms. The van der Waals surface area contributed by atoms with Gasteiger partial charge in [0, 0.05) is 11.1 Å². The lowest BCUT2D eigenvalue weighted by Gasteiger charge is -2.11. The number of rotatable bonds is 16. The minimum atomic E-state index is 0.783. The molecule has 0 bridgehead atoms. The van der Waals surface area contributed by atoms with Crippen LogP contribution in [-0.2, 0) is 12.8 Å². The molecule has 2 heteroatoms. The van der Waals surface area contributed by atoms with Crippen molar-refractivity contribution in [2.75, 3.05) is 0 Å². The molecule has 0 radical (unpaired) electrons. The lowest BCUT2D eigenvalue weighted by atomic mass is 9.93. The van der Waals surface area contributed by atoms with Crippen LogP contribution >= 0.6 is 0 Å². The zero-order valence-corrected chi connectivity index (χ0v) is 17.0. The summed E-state index contributed by atoms with van der Waals surface area (Å²) in [6, 6.07) is 3.93. The summed E-state index contributed by atoms with van der Waals surface area (Å²) >= 11 is 0. The molecule has 1 aromatic carbocycles. The first kappa shape index (κ1) is 22.6. The molecule has 2 nitrogen and oxygen atoms in total. The quantitative estimate of drug-likeness (QED) is 0.233. The molecule has 146 valence electrons. The van der Waals surface area contributed by atoms with E-state index in [0.717, 1.165) is 60.5 Å². The molecule has 0 fully saturated rings. The van der Waals surface area contributed by atoms with Crippen LogP contribution in [0.3, 0.4) is 0 Å². The Morgan fingerprint density at radius 2 is 0.923 bits per heavy atom. The maximum absolute atomic E-state index is 11.5. The molecule has 0 unspecified atom stereocenters. The van der Waals surface area contributed by atoms with Gasteiger partial charge in [0.05, 0.1) is 0 Å². The molecule has 0 aromatic heterocycles. The minimum absolute atomic E-state index is 0.783. The van der Waals surface area contributed by atoms with E-state index in [4.69, 9.17) is 0 Å². The molecule has 0 amide bonds. The van der Waals surface area contributed by atoms with Crippen molar-refractivity contribution in [3.05, 3.63) is 34.4 Å². The zero-order chi connectivity index (χ0) is 19.0. The van der Waals surface area contributed by atoms with Crippen LogP contribution in [0.4, 0.5) is 0 Å². The highest BCUT2D eigenvalue weighted by Crippen LogP contribution is 2.20. The Hall–Kier alpha value is -1.44. The van der Waals surface area contributed by atoms with Crippen molar-refractivity contribution in [2.45, 2.75) is 104 Å². The maximum atomic E-state index is 11.5. The lowest BCUT2D eigenvalue weighted by Crippen LogP contribution is -2.01. The van der Waals surface area contributed by atoms with Gasteiger partial charge in [-0.2, -0.15) is 0 Å². The third-order valence-corrected chi connectivity index (χ3v) is 5.25. The Morgan fingerprint density at radius 1 is 0.577 bits per heavy atom. The molecule has 0 heterocycles. The normalized spacial score (nSPS) is 10.8. The SMILES string of the molecule is CCCCCCCCc1cc(C=O)c(CCCCCCCC)cc1C=O. The molecule has 0 saturated carbocycles. The van der Waals surface area contributed by atoms with Gasteiger partial charge in [-0.1, -0.05) is 78.1 Å². The minimum Gasteiger partial charge on any atom is -0.298 e. The van der Waals surface area contributed by atoms with Gasteiger partial charge in [-0.25, -0.2) is 0 Å². The molecule has 0 spiro atoms. The molecule has 0 aliphatic carbocycles. The smallest absolute Gasteiger partial charge is 0.150 e. The van der Waals surface area contributed by atoms with Gasteiger partial charge in [0.15, 0.2) is 0 Å². The molecule has 0 saturated heterocycles. The van der Waals surface area contributed by atoms with E-state index in [2.05, 4.69) is 13.8 Å². The Labute approximate surface area is 160 Å². The second-order valence-electron chi connectivity index (χ2n) is 7.52. The highest BCUT2D eigenvalue weighted by Gasteiger charge is 2.09. The van der Waals surface area contributed by atoms with E-state index in [-0.39, 0.29) is 0 Å². The second-order valence-corrected chi connectivity index (χ2v) is 7.52. The van der Waals surface area contributed by atoms with Crippen LogP contribution in [-0.4, -0.2) is 12.6 Å². The van der Waals surface area contributed by atoms with E-state index in [9.17, 15) is 9.59 Å². The Morgan fingerprint density at radius 3 is 1.27 bits per heavy atom. The summed E-state index contributed by atoms with van der Waals surface area (Å²) in [6.45, 7) is 4.45. The van der Waals surface area contributed by atoms with Crippen molar-refractivity contribution in [1.29, 1.82) is 0 Å². The fourth-order valence-electron chi connectivity index (χ4n) is 3.57. The van der Waals surface area contributed by atoms with Crippen LogP contribution in [0.2, 0.25) is 0 Å². The van der Waals surface area contributed by atoms with Gasteiger partial charge in [0.2, 0.25) is 0 Å². The fourth-order valence-corrected chi connectivity index (χ4v) is 3.57. The number of carbonyl (C=O) groups excluding carboxylic acids is 2. The van der Waals surface area contributed by atoms with E-state index in [0.29, 0.717) is 0 Å². The first-order chi connectivity index (χ1) is 12.8. The van der Waals surface area contributed by atoms with Gasteiger partial charge in [-0.05, 0) is 48.9 Å². The zero-order valence-electron chi connectivity index (χ0n) is 17.0. The average Bonchev–Trinajstić information content (AvgIpc) is 2.67. The largest absolute Gasteiger partial charge is 0.298 e. The topological polar surface area (TPSA) is 34.1 Å². The highest BCUT2D eigenvalue weighted by molar-refractivity contribution is 5.83. The van der Waals surface area contributed by atoms with Crippen LogP contribution in [0.15, 0.2) is 12.1 Å². The number of hydrogen-bond acceptors (Lipinski definition) is 2. The summed E-state index contributed by atoms with van der Waals surface area (Å²) in [5.74, 6) is 0. The van der Waals surface area contributed by atoms with Crippen LogP contribution in [0.5, 0.6) is 0 Å². The van der Waals surface area contributed by atoms with Crippen molar-refractivity contribution >= 4 is 12.6 Å². The van der Waals surface area contributed by atoms with Crippen LogP contribution < -0.4 is 0 Å². The summed E-state index contributed by atoms with van der Waals surface area (Å²) in [7, 11) is 0. The highest BCUT2D eigenvalue weighted by atomic mass is 16.1. The summed E-state index contributed by atoms with van der Waals surface area (Å²) in [5, 5.41) is 0. The lowest BCUT2D eigenvalue weighted by molar-refractivity contribution is 0.111. The van der Waals surface area contributed by atoms with E-state index in [1.807, 2.05) is 12.1 Å². The first-order valence-electron chi connectivity index (χ1n) is 10.8. The summed E-state index contributed by atoms with van der Waals surface area (Å²) in [5.41, 5.74) is 3.66. The summed E-state index contributed by atoms with van der Waals surface area (Å²) in [4.78, 5) is 23.0. The van der Waals surface area contributed by atoms with Crippen molar-refractivity contribution in [2.24, 2.45) is 0 Å². The Balaban J connectivity index is 2.56. The third kappa shape index (κ3) is 8.78. The van der Waals surface area contributed by atoms with E-state index >= 15 is 0 Å². The van der Waals surface area contributed by atoms with Crippen molar-refractivity contribution in [3.8, 4) is 0 Å². The van der Waals surface area contributed by atoms with Gasteiger partial charge in [-0.3, -0.25) is 9.59 Å². The number of hydrogen-bond donors (Lipinski definition) is 0.